The van der Waals surface area contributed by atoms with Crippen molar-refractivity contribution in [2.75, 3.05) is 0 Å². The molecule has 8 heterocycles. The minimum absolute atomic E-state index is 0. The molecule has 22 heteroatoms. The molecule has 0 fully saturated rings. The Hall–Kier alpha value is -11.2. The molecule has 14 nitrogen and oxygen atoms in total. The molecule has 0 atom stereocenters. The summed E-state index contributed by atoms with van der Waals surface area (Å²) in [5.41, 5.74) is 12.2. The summed E-state index contributed by atoms with van der Waals surface area (Å²) in [6.07, 6.45) is 11.6. The number of Topliss-reactive ketones (excluding diaryl/α,β-unsaturated/α-hetero) is 2. The van der Waals surface area contributed by atoms with Gasteiger partial charge in [0.2, 0.25) is 0 Å². The molecule has 0 spiro atoms. The molecule has 0 aliphatic carbocycles. The number of ketones is 2. The van der Waals surface area contributed by atoms with Crippen LogP contribution in [-0.2, 0) is 110 Å². The fraction of sp³-hybridized carbons (Fsp3) is 0.0435. The van der Waals surface area contributed by atoms with Crippen LogP contribution in [0.15, 0.2) is 341 Å². The molecule has 0 aliphatic rings. The summed E-state index contributed by atoms with van der Waals surface area (Å²) in [6, 6.07) is 109. The van der Waals surface area contributed by atoms with E-state index in [1.165, 1.54) is 66.2 Å². The molecule has 585 valence electrons. The quantitative estimate of drug-likeness (QED) is 0.0963. The Bertz CT molecular complexity index is 5210. The predicted octanol–water partition coefficient (Wildman–Crippen LogP) is 20.4. The van der Waals surface area contributed by atoms with Crippen LogP contribution in [-0.4, -0.2) is 73.6 Å². The molecule has 5 radical (unpaired) electrons. The van der Waals surface area contributed by atoms with Gasteiger partial charge in [0, 0.05) is 167 Å². The van der Waals surface area contributed by atoms with Crippen LogP contribution < -0.4 is 0 Å². The predicted molar refractivity (Wildman–Crippen MR) is 419 cm³/mol. The van der Waals surface area contributed by atoms with Gasteiger partial charge in [-0.2, -0.15) is 0 Å². The molecule has 16 rings (SSSR count). The van der Waals surface area contributed by atoms with Crippen molar-refractivity contribution in [3.63, 3.8) is 0 Å². The van der Waals surface area contributed by atoms with Crippen LogP contribution in [0, 0.1) is 60.8 Å². The number of carboxylic acid groups (broad SMARTS) is 2. The number of nitrogens with zero attached hydrogens (tertiary/aromatic N) is 8. The van der Waals surface area contributed by atoms with Crippen molar-refractivity contribution in [1.82, 2.24) is 39.9 Å². The number of aromatic carboxylic acids is 2. The van der Waals surface area contributed by atoms with Gasteiger partial charge < -0.3 is 35.1 Å². The number of fused-ring (bicyclic) bond motifs is 2. The summed E-state index contributed by atoms with van der Waals surface area (Å²) >= 11 is 0. The first-order valence-electron chi connectivity index (χ1n) is 33.7. The average Bonchev–Trinajstić information content (AvgIpc) is 0.810. The van der Waals surface area contributed by atoms with Crippen LogP contribution in [0.5, 0.6) is 0 Å². The fourth-order valence-electron chi connectivity index (χ4n) is 9.67. The van der Waals surface area contributed by atoms with Crippen molar-refractivity contribution in [2.24, 2.45) is 0 Å². The second-order valence-corrected chi connectivity index (χ2v) is 22.7. The summed E-state index contributed by atoms with van der Waals surface area (Å²) in [4.78, 5) is 73.0. The summed E-state index contributed by atoms with van der Waals surface area (Å²) < 4.78 is 39.0. The molecule has 2 N–H and O–H groups in total. The van der Waals surface area contributed by atoms with E-state index >= 15 is 0 Å². The van der Waals surface area contributed by atoms with Crippen LogP contribution in [0.2, 0.25) is 0 Å². The normalized spacial score (nSPS) is 9.39. The Kier molecular flexibility index (Phi) is 46.3. The van der Waals surface area contributed by atoms with E-state index in [2.05, 4.69) is 114 Å². The van der Waals surface area contributed by atoms with Crippen LogP contribution >= 0.6 is 0 Å². The number of carbonyl (C=O) groups is 4. The third-order valence-corrected chi connectivity index (χ3v) is 14.6. The molecule has 8 aromatic carbocycles. The smallest absolute Gasteiger partial charge is 0.354 e. The third kappa shape index (κ3) is 33.6. The number of benzene rings is 8. The van der Waals surface area contributed by atoms with Gasteiger partial charge in [0.1, 0.15) is 23.0 Å². The first-order valence-corrected chi connectivity index (χ1v) is 33.7. The Morgan fingerprint density at radius 3 is 1.11 bits per heavy atom. The number of aromatic nitrogens is 8. The summed E-state index contributed by atoms with van der Waals surface area (Å²) in [6.45, 7) is 4.93. The van der Waals surface area contributed by atoms with Gasteiger partial charge in [-0.25, -0.2) is 19.6 Å². The van der Waals surface area contributed by atoms with E-state index in [1.54, 1.807) is 91.5 Å². The Morgan fingerprint density at radius 2 is 0.728 bits per heavy atom. The van der Waals surface area contributed by atoms with E-state index in [1.807, 2.05) is 176 Å². The van der Waals surface area contributed by atoms with Crippen molar-refractivity contribution in [3.8, 4) is 67.5 Å². The topological polar surface area (TPSA) is 212 Å². The molecule has 8 aromatic heterocycles. The Morgan fingerprint density at radius 1 is 0.342 bits per heavy atom. The second kappa shape index (κ2) is 54.5. The van der Waals surface area contributed by atoms with E-state index in [0.29, 0.717) is 17.0 Å². The zero-order chi connectivity index (χ0) is 77.2. The fourth-order valence-corrected chi connectivity index (χ4v) is 9.67. The van der Waals surface area contributed by atoms with Gasteiger partial charge in [-0.1, -0.05) is 126 Å². The molecular weight excluding hydrogens is 2330 g/mol. The number of halogens is 3. The van der Waals surface area contributed by atoms with E-state index in [4.69, 9.17) is 10.2 Å². The summed E-state index contributed by atoms with van der Waals surface area (Å²) in [7, 11) is 0. The molecule has 114 heavy (non-hydrogen) atoms. The van der Waals surface area contributed by atoms with Crippen LogP contribution in [0.25, 0.3) is 89.2 Å². The second-order valence-electron chi connectivity index (χ2n) is 22.7. The van der Waals surface area contributed by atoms with Gasteiger partial charge in [-0.15, -0.1) is 180 Å². The first-order chi connectivity index (χ1) is 53.1. The summed E-state index contributed by atoms with van der Waals surface area (Å²) in [5, 5.41) is 20.2. The molecule has 0 bridgehead atoms. The Balaban J connectivity index is 0.000000334. The van der Waals surface area contributed by atoms with Crippen LogP contribution in [0.4, 0.5) is 13.2 Å². The Labute approximate surface area is 727 Å². The first kappa shape index (κ1) is 97.0. The maximum absolute atomic E-state index is 13.2. The number of hydrogen-bond acceptors (Lipinski definition) is 12. The monoisotopic (exact) mass is 2400 g/mol. The average molecular weight is 2400 g/mol. The minimum Gasteiger partial charge on any atom is -0.477 e. The number of pyridine rings is 8. The van der Waals surface area contributed by atoms with Gasteiger partial charge >= 0.3 is 11.9 Å². The molecule has 0 amide bonds. The van der Waals surface area contributed by atoms with E-state index in [0.717, 1.165) is 62.7 Å². The van der Waals surface area contributed by atoms with Crippen molar-refractivity contribution < 1.29 is 143 Å². The maximum Gasteiger partial charge on any atom is 0.354 e. The molecule has 16 aromatic rings. The zero-order valence-electron chi connectivity index (χ0n) is 60.9. The van der Waals surface area contributed by atoms with Crippen molar-refractivity contribution >= 4 is 45.2 Å². The van der Waals surface area contributed by atoms with Gasteiger partial charge in [-0.05, 0) is 132 Å². The molecule has 0 unspecified atom stereocenters. The molecule has 0 saturated carbocycles. The number of hydrogen-bond donors (Lipinski definition) is 2. The van der Waals surface area contributed by atoms with E-state index in [-0.39, 0.29) is 141 Å². The van der Waals surface area contributed by atoms with Crippen molar-refractivity contribution in [3.05, 3.63) is 411 Å². The van der Waals surface area contributed by atoms with E-state index in [9.17, 15) is 32.3 Å². The SMILES string of the molecule is CC(=O)CC(C)=O.Cc1cc(-c2[c-]cccc2)nc2ccccc12.Fc1c[c-]c(-c2ccccn2)c(F)c1.Fc1ccc[c-]c1-c1ccccn1.O=C(O)c1ccccn1.O=C(O)c1ccccn1.[Ir].[Ir].[Ir].[Ir].[Ir].[c-]1ccccc1-c1ccccn1.[c-]1ccccc1-c1ccccn1.[c-]1ccccc1-c1nccc2ccccc12. The number of aryl methyl sites for hydroxylation is 1. The van der Waals surface area contributed by atoms with Gasteiger partial charge in [-0.3, -0.25) is 27.7 Å². The largest absolute Gasteiger partial charge is 0.477 e. The third-order valence-electron chi connectivity index (χ3n) is 14.6. The standard InChI is InChI=1S/C16H12N.C15H10N.C11H6F2N.C11H7FN.2C11H8N.2C6H5NO2.C5H8O2.5Ir/c1-12-11-16(13-7-3-2-4-8-13)17-15-10-6-5-9-14(12)15;1-2-7-13(8-3-1)15-14-9-5-4-6-12(14)10-11-16-15;12-8-4-5-9(10(13)7-8)11-3-1-2-6-14-11;12-10-6-2-1-5-9(10)11-7-3-4-8-13-11;2*1-2-6-10(7-3-1)11-8-4-5-9-12-11;2*8-6(9)5-3-1-2-4-7-5;1-4(6)3-5(2)7;;;;;/h2-7,9-11H,1H3;1-7,9-11H;1-4,6-7H;1-4,6-8H;2*1-6,8-9H;2*1-4H,(H,8,9);3H2,1-2H3;;;;;/q6*-1;;;;;;;;. The molecule has 0 saturated heterocycles. The number of carboxylic acids is 2. The van der Waals surface area contributed by atoms with Crippen LogP contribution in [0.3, 0.4) is 0 Å². The van der Waals surface area contributed by atoms with E-state index < -0.39 is 23.6 Å². The molecule has 0 aliphatic heterocycles. The van der Waals surface area contributed by atoms with Crippen molar-refractivity contribution in [2.45, 2.75) is 27.2 Å². The van der Waals surface area contributed by atoms with Gasteiger partial charge in [0.25, 0.3) is 0 Å². The number of para-hydroxylation sites is 1. The van der Waals surface area contributed by atoms with Gasteiger partial charge in [0.05, 0.1) is 11.9 Å². The number of rotatable bonds is 10. The van der Waals surface area contributed by atoms with Gasteiger partial charge in [0.15, 0.2) is 0 Å². The minimum atomic E-state index is -0.990. The van der Waals surface area contributed by atoms with Crippen LogP contribution in [0.1, 0.15) is 46.8 Å². The summed E-state index contributed by atoms with van der Waals surface area (Å²) in [5.74, 6) is -3.68. The maximum atomic E-state index is 13.2. The molecular formula is C92H69F3Ir5N8O6-6. The number of carbonyl (C=O) groups excluding carboxylic acids is 2. The zero-order valence-corrected chi connectivity index (χ0v) is 72.9. The van der Waals surface area contributed by atoms with Crippen molar-refractivity contribution in [1.29, 1.82) is 0 Å².